The van der Waals surface area contributed by atoms with E-state index in [0.717, 1.165) is 22.4 Å². The van der Waals surface area contributed by atoms with E-state index in [4.69, 9.17) is 0 Å². The van der Waals surface area contributed by atoms with Gasteiger partial charge in [-0.1, -0.05) is 37.3 Å². The number of hydrogen-bond donors (Lipinski definition) is 1. The average Bonchev–Trinajstić information content (AvgIpc) is 2.93. The normalized spacial score (nSPS) is 11.7. The van der Waals surface area contributed by atoms with Crippen molar-refractivity contribution in [2.75, 3.05) is 0 Å². The van der Waals surface area contributed by atoms with Crippen LogP contribution in [0, 0.1) is 0 Å². The van der Waals surface area contributed by atoms with Crippen LogP contribution < -0.4 is 5.32 Å². The van der Waals surface area contributed by atoms with E-state index >= 15 is 0 Å². The number of carbonyl (C=O) groups excluding carboxylic acids is 1. The number of rotatable bonds is 5. The quantitative estimate of drug-likeness (QED) is 0.821. The highest BCUT2D eigenvalue weighted by Gasteiger charge is 2.10. The molecule has 2 aromatic rings. The third kappa shape index (κ3) is 4.30. The highest BCUT2D eigenvalue weighted by atomic mass is 32.1. The van der Waals surface area contributed by atoms with Crippen molar-refractivity contribution in [1.29, 1.82) is 0 Å². The molecule has 0 radical (unpaired) electrons. The summed E-state index contributed by atoms with van der Waals surface area (Å²) in [4.78, 5) is 14.6. The maximum absolute atomic E-state index is 12.1. The number of hydrogen-bond acceptors (Lipinski definition) is 2. The second-order valence-corrected chi connectivity index (χ2v) is 6.38. The van der Waals surface area contributed by atoms with E-state index in [1.807, 2.05) is 44.2 Å². The molecule has 0 aliphatic heterocycles. The van der Waals surface area contributed by atoms with Gasteiger partial charge in [-0.3, -0.25) is 4.79 Å². The summed E-state index contributed by atoms with van der Waals surface area (Å²) >= 11 is 1.75. The standard InChI is InChI=1S/C18H21NOS/c1-4-15-10-11-17(21-15)16(12-18(20)19-13(2)3)14-8-6-5-7-9-14/h5-13H,4H2,1-3H3,(H,19,20)/b16-12+. The van der Waals surface area contributed by atoms with Crippen LogP contribution in [0.1, 0.15) is 36.1 Å². The summed E-state index contributed by atoms with van der Waals surface area (Å²) in [7, 11) is 0. The van der Waals surface area contributed by atoms with E-state index in [1.54, 1.807) is 17.4 Å². The molecule has 0 saturated heterocycles. The van der Waals surface area contributed by atoms with Gasteiger partial charge < -0.3 is 5.32 Å². The molecule has 0 saturated carbocycles. The molecule has 110 valence electrons. The maximum Gasteiger partial charge on any atom is 0.244 e. The van der Waals surface area contributed by atoms with Gasteiger partial charge in [-0.2, -0.15) is 0 Å². The first-order valence-corrected chi connectivity index (χ1v) is 8.08. The molecule has 2 nitrogen and oxygen atoms in total. The second kappa shape index (κ2) is 7.23. The molecular formula is C18H21NOS. The van der Waals surface area contributed by atoms with Crippen LogP contribution in [-0.4, -0.2) is 11.9 Å². The molecule has 0 spiro atoms. The van der Waals surface area contributed by atoms with Gasteiger partial charge in [0.25, 0.3) is 0 Å². The van der Waals surface area contributed by atoms with E-state index in [-0.39, 0.29) is 11.9 Å². The topological polar surface area (TPSA) is 29.1 Å². The van der Waals surface area contributed by atoms with Crippen LogP contribution in [0.3, 0.4) is 0 Å². The fourth-order valence-corrected chi connectivity index (χ4v) is 3.07. The summed E-state index contributed by atoms with van der Waals surface area (Å²) in [5.41, 5.74) is 2.05. The lowest BCUT2D eigenvalue weighted by Crippen LogP contribution is -2.28. The number of benzene rings is 1. The summed E-state index contributed by atoms with van der Waals surface area (Å²) in [6, 6.07) is 14.4. The lowest BCUT2D eigenvalue weighted by atomic mass is 10.0. The summed E-state index contributed by atoms with van der Waals surface area (Å²) in [5, 5.41) is 2.92. The molecule has 3 heteroatoms. The Morgan fingerprint density at radius 3 is 2.48 bits per heavy atom. The van der Waals surface area contributed by atoms with Crippen molar-refractivity contribution in [1.82, 2.24) is 5.32 Å². The van der Waals surface area contributed by atoms with Gasteiger partial charge >= 0.3 is 0 Å². The van der Waals surface area contributed by atoms with Crippen molar-refractivity contribution in [2.24, 2.45) is 0 Å². The first-order chi connectivity index (χ1) is 10.1. The SMILES string of the molecule is CCc1ccc(/C(=C/C(=O)NC(C)C)c2ccccc2)s1. The van der Waals surface area contributed by atoms with Crippen molar-refractivity contribution in [2.45, 2.75) is 33.2 Å². The van der Waals surface area contributed by atoms with E-state index in [9.17, 15) is 4.79 Å². The molecule has 0 atom stereocenters. The fraction of sp³-hybridized carbons (Fsp3) is 0.278. The Morgan fingerprint density at radius 1 is 1.19 bits per heavy atom. The third-order valence-electron chi connectivity index (χ3n) is 3.07. The van der Waals surface area contributed by atoms with Crippen molar-refractivity contribution < 1.29 is 4.79 Å². The minimum absolute atomic E-state index is 0.0460. The highest BCUT2D eigenvalue weighted by Crippen LogP contribution is 2.29. The van der Waals surface area contributed by atoms with Gasteiger partial charge in [0.2, 0.25) is 5.91 Å². The van der Waals surface area contributed by atoms with E-state index in [2.05, 4.69) is 24.4 Å². The van der Waals surface area contributed by atoms with Gasteiger partial charge in [0.15, 0.2) is 0 Å². The smallest absolute Gasteiger partial charge is 0.244 e. The molecule has 21 heavy (non-hydrogen) atoms. The van der Waals surface area contributed by atoms with Crippen molar-refractivity contribution >= 4 is 22.8 Å². The summed E-state index contributed by atoms with van der Waals surface area (Å²) < 4.78 is 0. The monoisotopic (exact) mass is 299 g/mol. The predicted molar refractivity (Wildman–Crippen MR) is 90.5 cm³/mol. The number of aryl methyl sites for hydroxylation is 1. The molecule has 1 aromatic heterocycles. The number of nitrogens with one attached hydrogen (secondary N) is 1. The van der Waals surface area contributed by atoms with Crippen LogP contribution in [0.2, 0.25) is 0 Å². The van der Waals surface area contributed by atoms with Gasteiger partial charge in [0.05, 0.1) is 0 Å². The van der Waals surface area contributed by atoms with Gasteiger partial charge in [0.1, 0.15) is 0 Å². The van der Waals surface area contributed by atoms with Crippen LogP contribution in [0.5, 0.6) is 0 Å². The van der Waals surface area contributed by atoms with Crippen LogP contribution in [0.15, 0.2) is 48.5 Å². The Hall–Kier alpha value is -1.87. The first kappa shape index (κ1) is 15.5. The Morgan fingerprint density at radius 2 is 1.90 bits per heavy atom. The minimum Gasteiger partial charge on any atom is -0.350 e. The van der Waals surface area contributed by atoms with Gasteiger partial charge in [-0.15, -0.1) is 11.3 Å². The molecule has 1 heterocycles. The fourth-order valence-electron chi connectivity index (χ4n) is 2.08. The first-order valence-electron chi connectivity index (χ1n) is 7.27. The largest absolute Gasteiger partial charge is 0.350 e. The zero-order valence-electron chi connectivity index (χ0n) is 12.7. The zero-order chi connectivity index (χ0) is 15.2. The molecule has 0 aliphatic carbocycles. The molecule has 0 bridgehead atoms. The predicted octanol–water partition coefficient (Wildman–Crippen LogP) is 4.27. The Balaban J connectivity index is 2.39. The van der Waals surface area contributed by atoms with E-state index < -0.39 is 0 Å². The molecule has 0 unspecified atom stereocenters. The van der Waals surface area contributed by atoms with E-state index in [0.29, 0.717) is 0 Å². The molecule has 2 rings (SSSR count). The summed E-state index contributed by atoms with van der Waals surface area (Å²) in [5.74, 6) is -0.0460. The third-order valence-corrected chi connectivity index (χ3v) is 4.33. The highest BCUT2D eigenvalue weighted by molar-refractivity contribution is 7.13. The lowest BCUT2D eigenvalue weighted by Gasteiger charge is -2.09. The summed E-state index contributed by atoms with van der Waals surface area (Å²) in [6.07, 6.45) is 2.73. The van der Waals surface area contributed by atoms with Gasteiger partial charge in [-0.05, 0) is 38.0 Å². The number of amides is 1. The molecule has 0 fully saturated rings. The molecule has 1 amide bonds. The molecule has 1 N–H and O–H groups in total. The second-order valence-electron chi connectivity index (χ2n) is 5.21. The molecular weight excluding hydrogens is 278 g/mol. The Labute approximate surface area is 130 Å². The van der Waals surface area contributed by atoms with Crippen molar-refractivity contribution in [3.63, 3.8) is 0 Å². The van der Waals surface area contributed by atoms with E-state index in [1.165, 1.54) is 4.88 Å². The van der Waals surface area contributed by atoms with Gasteiger partial charge in [-0.25, -0.2) is 0 Å². The van der Waals surface area contributed by atoms with Gasteiger partial charge in [0, 0.05) is 27.4 Å². The van der Waals surface area contributed by atoms with Crippen LogP contribution in [0.25, 0.3) is 5.57 Å². The molecule has 1 aromatic carbocycles. The minimum atomic E-state index is -0.0460. The van der Waals surface area contributed by atoms with Crippen LogP contribution >= 0.6 is 11.3 Å². The maximum atomic E-state index is 12.1. The molecule has 0 aliphatic rings. The average molecular weight is 299 g/mol. The van der Waals surface area contributed by atoms with Crippen LogP contribution in [-0.2, 0) is 11.2 Å². The lowest BCUT2D eigenvalue weighted by molar-refractivity contribution is -0.116. The number of carbonyl (C=O) groups is 1. The Bertz CT molecular complexity index is 626. The zero-order valence-corrected chi connectivity index (χ0v) is 13.5. The summed E-state index contributed by atoms with van der Waals surface area (Å²) in [6.45, 7) is 6.08. The Kier molecular flexibility index (Phi) is 5.34. The number of thiophene rings is 1. The van der Waals surface area contributed by atoms with Crippen molar-refractivity contribution in [3.8, 4) is 0 Å². The van der Waals surface area contributed by atoms with Crippen LogP contribution in [0.4, 0.5) is 0 Å². The van der Waals surface area contributed by atoms with Crippen molar-refractivity contribution in [3.05, 3.63) is 63.9 Å².